The van der Waals surface area contributed by atoms with Crippen LogP contribution in [0.1, 0.15) is 49.9 Å². The molecule has 1 N–H and O–H groups in total. The van der Waals surface area contributed by atoms with Crippen molar-refractivity contribution in [2.24, 2.45) is 0 Å². The lowest BCUT2D eigenvalue weighted by molar-refractivity contribution is 0.221. The Bertz CT molecular complexity index is 593. The molecule has 0 amide bonds. The molecule has 2 heteroatoms. The van der Waals surface area contributed by atoms with Gasteiger partial charge in [-0.1, -0.05) is 0 Å². The van der Waals surface area contributed by atoms with E-state index in [-0.39, 0.29) is 0 Å². The zero-order valence-electron chi connectivity index (χ0n) is 12.6. The average Bonchev–Trinajstić information content (AvgIpc) is 2.80. The Hall–Kier alpha value is -1.12. The fourth-order valence-electron chi connectivity index (χ4n) is 2.73. The molecular formula is C17H22OS. The van der Waals surface area contributed by atoms with Crippen LogP contribution in [-0.4, -0.2) is 5.11 Å². The zero-order valence-corrected chi connectivity index (χ0v) is 13.4. The van der Waals surface area contributed by atoms with Crippen molar-refractivity contribution in [3.05, 3.63) is 55.3 Å². The Morgan fingerprint density at radius 1 is 0.842 bits per heavy atom. The number of rotatable bonds is 2. The molecule has 0 saturated heterocycles. The summed E-state index contributed by atoms with van der Waals surface area (Å²) in [7, 11) is 0. The number of aliphatic hydroxyl groups is 1. The molecule has 0 aliphatic rings. The number of aryl methyl sites for hydroxylation is 1. The molecule has 2 aromatic rings. The average molecular weight is 274 g/mol. The molecule has 1 nitrogen and oxygen atoms in total. The molecular weight excluding hydrogens is 252 g/mol. The van der Waals surface area contributed by atoms with Crippen LogP contribution >= 0.6 is 11.3 Å². The third-order valence-electron chi connectivity index (χ3n) is 4.48. The number of benzene rings is 1. The SMILES string of the molecule is Cc1ccsc1C(O)c1c(C)c(C)c(C)c(C)c1C. The van der Waals surface area contributed by atoms with Crippen LogP contribution in [0.5, 0.6) is 0 Å². The van der Waals surface area contributed by atoms with E-state index in [1.54, 1.807) is 11.3 Å². The van der Waals surface area contributed by atoms with Crippen molar-refractivity contribution in [1.82, 2.24) is 0 Å². The summed E-state index contributed by atoms with van der Waals surface area (Å²) in [6, 6.07) is 2.07. The summed E-state index contributed by atoms with van der Waals surface area (Å²) in [5.41, 5.74) is 8.65. The highest BCUT2D eigenvalue weighted by Crippen LogP contribution is 2.36. The van der Waals surface area contributed by atoms with E-state index in [0.717, 1.165) is 10.4 Å². The summed E-state index contributed by atoms with van der Waals surface area (Å²) in [6.45, 7) is 12.8. The molecule has 1 aromatic heterocycles. The quantitative estimate of drug-likeness (QED) is 0.843. The van der Waals surface area contributed by atoms with Crippen molar-refractivity contribution in [3.8, 4) is 0 Å². The highest BCUT2D eigenvalue weighted by atomic mass is 32.1. The van der Waals surface area contributed by atoms with Gasteiger partial charge >= 0.3 is 0 Å². The lowest BCUT2D eigenvalue weighted by Gasteiger charge is -2.22. The van der Waals surface area contributed by atoms with Crippen molar-refractivity contribution in [1.29, 1.82) is 0 Å². The Morgan fingerprint density at radius 3 is 1.74 bits per heavy atom. The first-order valence-corrected chi connectivity index (χ1v) is 7.53. The Balaban J connectivity index is 2.67. The number of hydrogen-bond acceptors (Lipinski definition) is 2. The predicted molar refractivity (Wildman–Crippen MR) is 83.2 cm³/mol. The highest BCUT2D eigenvalue weighted by Gasteiger charge is 2.21. The summed E-state index contributed by atoms with van der Waals surface area (Å²) in [6.07, 6.45) is -0.502. The van der Waals surface area contributed by atoms with Crippen LogP contribution < -0.4 is 0 Å². The minimum absolute atomic E-state index is 0.502. The van der Waals surface area contributed by atoms with Gasteiger partial charge in [-0.15, -0.1) is 11.3 Å². The smallest absolute Gasteiger partial charge is 0.114 e. The Morgan fingerprint density at radius 2 is 1.32 bits per heavy atom. The molecule has 0 aliphatic carbocycles. The third-order valence-corrected chi connectivity index (χ3v) is 5.55. The van der Waals surface area contributed by atoms with Crippen molar-refractivity contribution >= 4 is 11.3 Å². The van der Waals surface area contributed by atoms with Crippen molar-refractivity contribution in [2.75, 3.05) is 0 Å². The van der Waals surface area contributed by atoms with Gasteiger partial charge in [-0.25, -0.2) is 0 Å². The van der Waals surface area contributed by atoms with Crippen LogP contribution in [0.15, 0.2) is 11.4 Å². The number of hydrogen-bond donors (Lipinski definition) is 1. The molecule has 1 atom stereocenters. The standard InChI is InChI=1S/C17H22OS/c1-9-7-8-19-17(9)16(18)15-13(5)11(3)10(2)12(4)14(15)6/h7-8,16,18H,1-6H3. The summed E-state index contributed by atoms with van der Waals surface area (Å²) in [5, 5.41) is 12.8. The van der Waals surface area contributed by atoms with E-state index in [2.05, 4.69) is 47.6 Å². The van der Waals surface area contributed by atoms with Crippen LogP contribution in [-0.2, 0) is 0 Å². The van der Waals surface area contributed by atoms with E-state index in [1.807, 2.05) is 5.38 Å². The van der Waals surface area contributed by atoms with Crippen LogP contribution in [0.3, 0.4) is 0 Å². The fraction of sp³-hybridized carbons (Fsp3) is 0.412. The van der Waals surface area contributed by atoms with E-state index < -0.39 is 6.10 Å². The van der Waals surface area contributed by atoms with Crippen LogP contribution in [0.4, 0.5) is 0 Å². The van der Waals surface area contributed by atoms with E-state index >= 15 is 0 Å². The zero-order chi connectivity index (χ0) is 14.3. The minimum atomic E-state index is -0.502. The molecule has 102 valence electrons. The summed E-state index contributed by atoms with van der Waals surface area (Å²) in [4.78, 5) is 1.06. The van der Waals surface area contributed by atoms with Gasteiger partial charge in [0.05, 0.1) is 0 Å². The van der Waals surface area contributed by atoms with Gasteiger partial charge in [0.1, 0.15) is 6.10 Å². The van der Waals surface area contributed by atoms with E-state index in [1.165, 1.54) is 33.4 Å². The van der Waals surface area contributed by atoms with E-state index in [4.69, 9.17) is 0 Å². The second-order valence-electron chi connectivity index (χ2n) is 5.41. The van der Waals surface area contributed by atoms with Crippen LogP contribution in [0, 0.1) is 41.5 Å². The lowest BCUT2D eigenvalue weighted by Crippen LogP contribution is -2.09. The molecule has 0 radical (unpaired) electrons. The normalized spacial score (nSPS) is 12.8. The maximum absolute atomic E-state index is 10.8. The van der Waals surface area contributed by atoms with Crippen molar-refractivity contribution in [3.63, 3.8) is 0 Å². The lowest BCUT2D eigenvalue weighted by atomic mass is 9.86. The molecule has 0 aliphatic heterocycles. The fourth-order valence-corrected chi connectivity index (χ4v) is 3.65. The van der Waals surface area contributed by atoms with Gasteiger partial charge in [-0.2, -0.15) is 0 Å². The van der Waals surface area contributed by atoms with Gasteiger partial charge in [0, 0.05) is 4.88 Å². The summed E-state index contributed by atoms with van der Waals surface area (Å²) >= 11 is 1.64. The number of aliphatic hydroxyl groups excluding tert-OH is 1. The third kappa shape index (κ3) is 2.24. The number of thiophene rings is 1. The summed E-state index contributed by atoms with van der Waals surface area (Å²) in [5.74, 6) is 0. The second-order valence-corrected chi connectivity index (χ2v) is 6.36. The van der Waals surface area contributed by atoms with E-state index in [9.17, 15) is 5.11 Å². The molecule has 19 heavy (non-hydrogen) atoms. The molecule has 0 bridgehead atoms. The van der Waals surface area contributed by atoms with Gasteiger partial charge in [0.25, 0.3) is 0 Å². The van der Waals surface area contributed by atoms with Gasteiger partial charge in [0.2, 0.25) is 0 Å². The van der Waals surface area contributed by atoms with Gasteiger partial charge in [0.15, 0.2) is 0 Å². The molecule has 0 saturated carbocycles. The Labute approximate surface area is 119 Å². The highest BCUT2D eigenvalue weighted by molar-refractivity contribution is 7.10. The monoisotopic (exact) mass is 274 g/mol. The van der Waals surface area contributed by atoms with Crippen molar-refractivity contribution < 1.29 is 5.11 Å². The molecule has 1 unspecified atom stereocenters. The first-order valence-electron chi connectivity index (χ1n) is 6.65. The maximum Gasteiger partial charge on any atom is 0.114 e. The largest absolute Gasteiger partial charge is 0.383 e. The molecule has 1 aromatic carbocycles. The summed E-state index contributed by atoms with van der Waals surface area (Å²) < 4.78 is 0. The second kappa shape index (κ2) is 5.10. The van der Waals surface area contributed by atoms with Gasteiger partial charge in [-0.05, 0) is 91.9 Å². The van der Waals surface area contributed by atoms with Crippen LogP contribution in [0.25, 0.3) is 0 Å². The molecule has 2 rings (SSSR count). The first kappa shape index (κ1) is 14.3. The molecule has 1 heterocycles. The first-order chi connectivity index (χ1) is 8.86. The molecule has 0 fully saturated rings. The van der Waals surface area contributed by atoms with Gasteiger partial charge in [-0.3, -0.25) is 0 Å². The Kier molecular flexibility index (Phi) is 3.84. The van der Waals surface area contributed by atoms with Gasteiger partial charge < -0.3 is 5.11 Å². The van der Waals surface area contributed by atoms with Crippen molar-refractivity contribution in [2.45, 2.75) is 47.6 Å². The topological polar surface area (TPSA) is 20.2 Å². The predicted octanol–water partition coefficient (Wildman–Crippen LogP) is 4.68. The molecule has 0 spiro atoms. The van der Waals surface area contributed by atoms with Crippen LogP contribution in [0.2, 0.25) is 0 Å². The minimum Gasteiger partial charge on any atom is -0.383 e. The van der Waals surface area contributed by atoms with E-state index in [0.29, 0.717) is 0 Å². The maximum atomic E-state index is 10.8.